The molecule has 0 unspecified atom stereocenters. The van der Waals surface area contributed by atoms with Crippen molar-refractivity contribution in [3.8, 4) is 5.75 Å². The van der Waals surface area contributed by atoms with E-state index in [1.54, 1.807) is 23.1 Å². The predicted molar refractivity (Wildman–Crippen MR) is 98.4 cm³/mol. The smallest absolute Gasteiger partial charge is 0.323 e. The van der Waals surface area contributed by atoms with Crippen LogP contribution < -0.4 is 20.3 Å². The molecule has 1 aliphatic rings. The molecule has 0 bridgehead atoms. The average Bonchev–Trinajstić information content (AvgIpc) is 2.91. The maximum Gasteiger partial charge on any atom is 0.323 e. The Bertz CT molecular complexity index is 804. The molecule has 25 heavy (non-hydrogen) atoms. The SMILES string of the molecule is CCOc1ccccc1NC(=O)Nc1ccc2c(c1)CC(=O)N2CC. The summed E-state index contributed by atoms with van der Waals surface area (Å²) in [7, 11) is 0. The van der Waals surface area contributed by atoms with Crippen LogP contribution in [0.25, 0.3) is 0 Å². The van der Waals surface area contributed by atoms with E-state index in [4.69, 9.17) is 4.74 Å². The number of hydrogen-bond donors (Lipinski definition) is 2. The minimum atomic E-state index is -0.358. The molecule has 6 nitrogen and oxygen atoms in total. The van der Waals surface area contributed by atoms with E-state index in [1.807, 2.05) is 38.1 Å². The fourth-order valence-electron chi connectivity index (χ4n) is 2.94. The highest BCUT2D eigenvalue weighted by molar-refractivity contribution is 6.04. The van der Waals surface area contributed by atoms with Crippen LogP contribution in [0.4, 0.5) is 21.9 Å². The summed E-state index contributed by atoms with van der Waals surface area (Å²) < 4.78 is 5.50. The van der Waals surface area contributed by atoms with Crippen LogP contribution in [-0.2, 0) is 11.2 Å². The summed E-state index contributed by atoms with van der Waals surface area (Å²) in [5.41, 5.74) is 3.10. The number of urea groups is 1. The van der Waals surface area contributed by atoms with E-state index >= 15 is 0 Å². The van der Waals surface area contributed by atoms with E-state index in [9.17, 15) is 9.59 Å². The van der Waals surface area contributed by atoms with Crippen molar-refractivity contribution in [2.45, 2.75) is 20.3 Å². The van der Waals surface area contributed by atoms with Crippen LogP contribution in [-0.4, -0.2) is 25.1 Å². The summed E-state index contributed by atoms with van der Waals surface area (Å²) >= 11 is 0. The zero-order valence-electron chi connectivity index (χ0n) is 14.3. The third-order valence-corrected chi connectivity index (χ3v) is 4.02. The molecule has 0 saturated carbocycles. The molecular weight excluding hydrogens is 318 g/mol. The molecule has 1 heterocycles. The summed E-state index contributed by atoms with van der Waals surface area (Å²) in [5.74, 6) is 0.711. The van der Waals surface area contributed by atoms with Gasteiger partial charge in [0.2, 0.25) is 5.91 Å². The van der Waals surface area contributed by atoms with Crippen molar-refractivity contribution < 1.29 is 14.3 Å². The van der Waals surface area contributed by atoms with E-state index in [2.05, 4.69) is 10.6 Å². The Hall–Kier alpha value is -3.02. The lowest BCUT2D eigenvalue weighted by Crippen LogP contribution is -2.25. The van der Waals surface area contributed by atoms with Crippen LogP contribution in [0.1, 0.15) is 19.4 Å². The number of nitrogens with one attached hydrogen (secondary N) is 2. The second-order valence-corrected chi connectivity index (χ2v) is 5.67. The lowest BCUT2D eigenvalue weighted by molar-refractivity contribution is -0.117. The maximum absolute atomic E-state index is 12.3. The molecule has 2 aromatic rings. The normalized spacial score (nSPS) is 12.7. The van der Waals surface area contributed by atoms with Crippen molar-refractivity contribution in [2.75, 3.05) is 28.7 Å². The molecule has 3 amide bonds. The molecule has 0 fully saturated rings. The second kappa shape index (κ2) is 7.25. The number of carbonyl (C=O) groups is 2. The van der Waals surface area contributed by atoms with Gasteiger partial charge in [-0.05, 0) is 49.7 Å². The topological polar surface area (TPSA) is 70.7 Å². The Labute approximate surface area is 146 Å². The van der Waals surface area contributed by atoms with Crippen molar-refractivity contribution >= 4 is 29.0 Å². The molecule has 1 aliphatic heterocycles. The standard InChI is InChI=1S/C19H21N3O3/c1-3-22-16-10-9-14(11-13(16)12-18(22)23)20-19(24)21-15-7-5-6-8-17(15)25-4-2/h5-11H,3-4,12H2,1-2H3,(H2,20,21,24). The number of benzene rings is 2. The number of amides is 3. The summed E-state index contributed by atoms with van der Waals surface area (Å²) in [6.07, 6.45) is 0.369. The third-order valence-electron chi connectivity index (χ3n) is 4.02. The van der Waals surface area contributed by atoms with Gasteiger partial charge in [0.25, 0.3) is 0 Å². The second-order valence-electron chi connectivity index (χ2n) is 5.67. The van der Waals surface area contributed by atoms with Crippen molar-refractivity contribution in [2.24, 2.45) is 0 Å². The molecule has 2 N–H and O–H groups in total. The fraction of sp³-hybridized carbons (Fsp3) is 0.263. The van der Waals surface area contributed by atoms with Crippen LogP contribution in [0.2, 0.25) is 0 Å². The number of para-hydroxylation sites is 2. The van der Waals surface area contributed by atoms with Gasteiger partial charge in [-0.2, -0.15) is 0 Å². The molecule has 0 radical (unpaired) electrons. The molecule has 3 rings (SSSR count). The van der Waals surface area contributed by atoms with Crippen LogP contribution in [0.15, 0.2) is 42.5 Å². The Morgan fingerprint density at radius 3 is 2.72 bits per heavy atom. The van der Waals surface area contributed by atoms with Gasteiger partial charge >= 0.3 is 6.03 Å². The average molecular weight is 339 g/mol. The van der Waals surface area contributed by atoms with Gasteiger partial charge in [0.1, 0.15) is 5.75 Å². The highest BCUT2D eigenvalue weighted by Gasteiger charge is 2.26. The van der Waals surface area contributed by atoms with E-state index in [0.717, 1.165) is 11.3 Å². The zero-order chi connectivity index (χ0) is 17.8. The zero-order valence-corrected chi connectivity index (χ0v) is 14.3. The number of likely N-dealkylation sites (N-methyl/N-ethyl adjacent to an activating group) is 1. The van der Waals surface area contributed by atoms with Gasteiger partial charge in [-0.1, -0.05) is 12.1 Å². The molecular formula is C19H21N3O3. The number of carbonyl (C=O) groups excluding carboxylic acids is 2. The van der Waals surface area contributed by atoms with Crippen molar-refractivity contribution in [1.82, 2.24) is 0 Å². The molecule has 0 aliphatic carbocycles. The van der Waals surface area contributed by atoms with E-state index < -0.39 is 0 Å². The number of rotatable bonds is 5. The minimum absolute atomic E-state index is 0.0877. The summed E-state index contributed by atoms with van der Waals surface area (Å²) in [4.78, 5) is 26.0. The fourth-order valence-corrected chi connectivity index (χ4v) is 2.94. The molecule has 0 spiro atoms. The van der Waals surface area contributed by atoms with Crippen LogP contribution in [0.5, 0.6) is 5.75 Å². The van der Waals surface area contributed by atoms with Gasteiger partial charge in [-0.25, -0.2) is 4.79 Å². The minimum Gasteiger partial charge on any atom is -0.492 e. The summed E-state index contributed by atoms with van der Waals surface area (Å²) in [6.45, 7) is 5.01. The Kier molecular flexibility index (Phi) is 4.88. The Morgan fingerprint density at radius 1 is 1.16 bits per heavy atom. The van der Waals surface area contributed by atoms with Crippen molar-refractivity contribution in [3.63, 3.8) is 0 Å². The van der Waals surface area contributed by atoms with E-state index in [1.165, 1.54) is 0 Å². The van der Waals surface area contributed by atoms with Crippen LogP contribution in [0, 0.1) is 0 Å². The van der Waals surface area contributed by atoms with Gasteiger partial charge in [0.05, 0.1) is 18.7 Å². The molecule has 0 atom stereocenters. The van der Waals surface area contributed by atoms with Crippen LogP contribution in [0.3, 0.4) is 0 Å². The molecule has 6 heteroatoms. The van der Waals surface area contributed by atoms with Gasteiger partial charge in [0, 0.05) is 17.9 Å². The largest absolute Gasteiger partial charge is 0.492 e. The van der Waals surface area contributed by atoms with Gasteiger partial charge in [-0.3, -0.25) is 4.79 Å². The highest BCUT2D eigenvalue weighted by atomic mass is 16.5. The lowest BCUT2D eigenvalue weighted by Gasteiger charge is -2.15. The third kappa shape index (κ3) is 3.57. The number of anilines is 3. The quantitative estimate of drug-likeness (QED) is 0.874. The Morgan fingerprint density at radius 2 is 1.96 bits per heavy atom. The number of nitrogens with zero attached hydrogens (tertiary/aromatic N) is 1. The summed E-state index contributed by atoms with van der Waals surface area (Å²) in [5, 5.41) is 5.59. The number of fused-ring (bicyclic) bond motifs is 1. The Balaban J connectivity index is 1.71. The van der Waals surface area contributed by atoms with Crippen molar-refractivity contribution in [3.05, 3.63) is 48.0 Å². The number of ether oxygens (including phenoxy) is 1. The predicted octanol–water partition coefficient (Wildman–Crippen LogP) is 3.64. The number of hydrogen-bond acceptors (Lipinski definition) is 3. The van der Waals surface area contributed by atoms with Gasteiger partial charge in [0.15, 0.2) is 0 Å². The van der Waals surface area contributed by atoms with Crippen molar-refractivity contribution in [1.29, 1.82) is 0 Å². The van der Waals surface area contributed by atoms with E-state index in [-0.39, 0.29) is 11.9 Å². The van der Waals surface area contributed by atoms with Crippen LogP contribution >= 0.6 is 0 Å². The first-order chi connectivity index (χ1) is 12.1. The molecule has 2 aromatic carbocycles. The first-order valence-electron chi connectivity index (χ1n) is 8.35. The first kappa shape index (κ1) is 16.8. The van der Waals surface area contributed by atoms with E-state index in [0.29, 0.717) is 36.7 Å². The van der Waals surface area contributed by atoms with Gasteiger partial charge in [-0.15, -0.1) is 0 Å². The molecule has 130 valence electrons. The first-order valence-corrected chi connectivity index (χ1v) is 8.35. The highest BCUT2D eigenvalue weighted by Crippen LogP contribution is 2.31. The van der Waals surface area contributed by atoms with Gasteiger partial charge < -0.3 is 20.3 Å². The monoisotopic (exact) mass is 339 g/mol. The summed E-state index contributed by atoms with van der Waals surface area (Å²) in [6, 6.07) is 12.4. The maximum atomic E-state index is 12.3. The lowest BCUT2D eigenvalue weighted by atomic mass is 10.1. The molecule has 0 saturated heterocycles. The molecule has 0 aromatic heterocycles.